The number of benzene rings is 1. The topological polar surface area (TPSA) is 52.6 Å². The van der Waals surface area contributed by atoms with Crippen LogP contribution in [0.2, 0.25) is 0 Å². The molecular weight excluding hydrogens is 252 g/mol. The number of hydrogen-bond acceptors (Lipinski definition) is 3. The van der Waals surface area contributed by atoms with Gasteiger partial charge in [0, 0.05) is 18.2 Å². The number of likely N-dealkylation sites (tertiary alicyclic amines) is 1. The van der Waals surface area contributed by atoms with Gasteiger partial charge < -0.3 is 15.3 Å². The Bertz CT molecular complexity index is 442. The predicted molar refractivity (Wildman–Crippen MR) is 79.7 cm³/mol. The molecule has 0 aromatic heterocycles. The van der Waals surface area contributed by atoms with E-state index in [1.54, 1.807) is 18.2 Å². The molecule has 0 saturated carbocycles. The monoisotopic (exact) mass is 276 g/mol. The highest BCUT2D eigenvalue weighted by Crippen LogP contribution is 2.16. The number of nitrogens with zero attached hydrogens (tertiary/aromatic N) is 1. The zero-order chi connectivity index (χ0) is 14.4. The third-order valence-corrected chi connectivity index (χ3v) is 3.73. The first-order valence-electron chi connectivity index (χ1n) is 7.44. The van der Waals surface area contributed by atoms with Gasteiger partial charge in [0.2, 0.25) is 5.91 Å². The van der Waals surface area contributed by atoms with Crippen LogP contribution >= 0.6 is 0 Å². The average Bonchev–Trinajstić information content (AvgIpc) is 2.42. The number of phenols is 1. The molecule has 20 heavy (non-hydrogen) atoms. The summed E-state index contributed by atoms with van der Waals surface area (Å²) in [6.45, 7) is 5.23. The molecule has 1 aromatic carbocycles. The molecule has 1 fully saturated rings. The summed E-state index contributed by atoms with van der Waals surface area (Å²) >= 11 is 0. The number of piperidine rings is 1. The SMILES string of the molecule is CC(CN1CCCCC1)NC(=O)Cc1ccccc1O. The highest BCUT2D eigenvalue weighted by atomic mass is 16.3. The van der Waals surface area contributed by atoms with E-state index in [0.29, 0.717) is 5.56 Å². The Kier molecular flexibility index (Phi) is 5.41. The molecule has 2 N–H and O–H groups in total. The molecular formula is C16H24N2O2. The van der Waals surface area contributed by atoms with Crippen molar-refractivity contribution in [2.75, 3.05) is 19.6 Å². The van der Waals surface area contributed by atoms with Crippen molar-refractivity contribution in [2.24, 2.45) is 0 Å². The average molecular weight is 276 g/mol. The van der Waals surface area contributed by atoms with Crippen molar-refractivity contribution in [1.82, 2.24) is 10.2 Å². The number of rotatable bonds is 5. The van der Waals surface area contributed by atoms with Gasteiger partial charge in [-0.3, -0.25) is 4.79 Å². The fourth-order valence-electron chi connectivity index (χ4n) is 2.73. The van der Waals surface area contributed by atoms with Gasteiger partial charge in [0.1, 0.15) is 5.75 Å². The van der Waals surface area contributed by atoms with Crippen molar-refractivity contribution in [1.29, 1.82) is 0 Å². The van der Waals surface area contributed by atoms with Crippen LogP contribution in [0.5, 0.6) is 5.75 Å². The van der Waals surface area contributed by atoms with E-state index >= 15 is 0 Å². The van der Waals surface area contributed by atoms with E-state index in [4.69, 9.17) is 0 Å². The summed E-state index contributed by atoms with van der Waals surface area (Å²) in [7, 11) is 0. The van der Waals surface area contributed by atoms with Crippen molar-refractivity contribution >= 4 is 5.91 Å². The van der Waals surface area contributed by atoms with Crippen LogP contribution in [0.25, 0.3) is 0 Å². The third-order valence-electron chi connectivity index (χ3n) is 3.73. The molecule has 1 saturated heterocycles. The number of phenolic OH excluding ortho intramolecular Hbond substituents is 1. The fraction of sp³-hybridized carbons (Fsp3) is 0.562. The number of carbonyl (C=O) groups excluding carboxylic acids is 1. The van der Waals surface area contributed by atoms with Gasteiger partial charge in [-0.2, -0.15) is 0 Å². The maximum absolute atomic E-state index is 12.0. The number of aromatic hydroxyl groups is 1. The zero-order valence-corrected chi connectivity index (χ0v) is 12.1. The number of amides is 1. The smallest absolute Gasteiger partial charge is 0.224 e. The van der Waals surface area contributed by atoms with E-state index in [2.05, 4.69) is 10.2 Å². The minimum Gasteiger partial charge on any atom is -0.508 e. The lowest BCUT2D eigenvalue weighted by Gasteiger charge is -2.29. The van der Waals surface area contributed by atoms with Crippen molar-refractivity contribution in [3.8, 4) is 5.75 Å². The Balaban J connectivity index is 1.77. The highest BCUT2D eigenvalue weighted by molar-refractivity contribution is 5.79. The standard InChI is InChI=1S/C16H24N2O2/c1-13(12-18-9-5-2-6-10-18)17-16(20)11-14-7-3-4-8-15(14)19/h3-4,7-8,13,19H,2,5-6,9-12H2,1H3,(H,17,20). The minimum atomic E-state index is -0.0315. The molecule has 2 rings (SSSR count). The van der Waals surface area contributed by atoms with Gasteiger partial charge in [0.15, 0.2) is 0 Å². The van der Waals surface area contributed by atoms with Crippen LogP contribution in [-0.4, -0.2) is 41.6 Å². The molecule has 1 aromatic rings. The highest BCUT2D eigenvalue weighted by Gasteiger charge is 2.15. The van der Waals surface area contributed by atoms with Gasteiger partial charge >= 0.3 is 0 Å². The lowest BCUT2D eigenvalue weighted by Crippen LogP contribution is -2.44. The first-order chi connectivity index (χ1) is 9.65. The van der Waals surface area contributed by atoms with Crippen LogP contribution in [0.4, 0.5) is 0 Å². The molecule has 4 heteroatoms. The lowest BCUT2D eigenvalue weighted by molar-refractivity contribution is -0.121. The van der Waals surface area contributed by atoms with Crippen molar-refractivity contribution < 1.29 is 9.90 Å². The summed E-state index contributed by atoms with van der Waals surface area (Å²) in [6.07, 6.45) is 4.08. The maximum Gasteiger partial charge on any atom is 0.224 e. The summed E-state index contributed by atoms with van der Waals surface area (Å²) in [6, 6.07) is 7.13. The van der Waals surface area contributed by atoms with Gasteiger partial charge in [-0.25, -0.2) is 0 Å². The van der Waals surface area contributed by atoms with E-state index in [0.717, 1.165) is 19.6 Å². The van der Waals surface area contributed by atoms with Crippen LogP contribution in [0.1, 0.15) is 31.7 Å². The first kappa shape index (κ1) is 14.9. The summed E-state index contributed by atoms with van der Waals surface area (Å²) in [5, 5.41) is 12.7. The fourth-order valence-corrected chi connectivity index (χ4v) is 2.73. The minimum absolute atomic E-state index is 0.0315. The summed E-state index contributed by atoms with van der Waals surface area (Å²) in [4.78, 5) is 14.4. The van der Waals surface area contributed by atoms with E-state index in [1.807, 2.05) is 13.0 Å². The molecule has 1 unspecified atom stereocenters. The second-order valence-electron chi connectivity index (χ2n) is 5.64. The molecule has 0 aliphatic carbocycles. The van der Waals surface area contributed by atoms with Crippen LogP contribution in [-0.2, 0) is 11.2 Å². The molecule has 4 nitrogen and oxygen atoms in total. The lowest BCUT2D eigenvalue weighted by atomic mass is 10.1. The van der Waals surface area contributed by atoms with E-state index in [-0.39, 0.29) is 24.1 Å². The van der Waals surface area contributed by atoms with E-state index in [9.17, 15) is 9.90 Å². The van der Waals surface area contributed by atoms with Gasteiger partial charge in [0.05, 0.1) is 6.42 Å². The second kappa shape index (κ2) is 7.29. The number of nitrogens with one attached hydrogen (secondary N) is 1. The van der Waals surface area contributed by atoms with Gasteiger partial charge in [0.25, 0.3) is 0 Å². The largest absolute Gasteiger partial charge is 0.508 e. The number of carbonyl (C=O) groups is 1. The van der Waals surface area contributed by atoms with Gasteiger partial charge in [-0.1, -0.05) is 24.6 Å². The zero-order valence-electron chi connectivity index (χ0n) is 12.1. The molecule has 1 aliphatic rings. The molecule has 1 atom stereocenters. The maximum atomic E-state index is 12.0. The molecule has 110 valence electrons. The summed E-state index contributed by atoms with van der Waals surface area (Å²) in [5.74, 6) is 0.155. The predicted octanol–water partition coefficient (Wildman–Crippen LogP) is 1.93. The van der Waals surface area contributed by atoms with Crippen LogP contribution in [0.3, 0.4) is 0 Å². The van der Waals surface area contributed by atoms with E-state index in [1.165, 1.54) is 19.3 Å². The molecule has 1 aliphatic heterocycles. The molecule has 0 bridgehead atoms. The van der Waals surface area contributed by atoms with Crippen molar-refractivity contribution in [3.63, 3.8) is 0 Å². The molecule has 0 radical (unpaired) electrons. The van der Waals surface area contributed by atoms with Crippen molar-refractivity contribution in [3.05, 3.63) is 29.8 Å². The molecule has 1 heterocycles. The Hall–Kier alpha value is -1.55. The number of para-hydroxylation sites is 1. The summed E-state index contributed by atoms with van der Waals surface area (Å²) in [5.41, 5.74) is 0.676. The first-order valence-corrected chi connectivity index (χ1v) is 7.44. The van der Waals surface area contributed by atoms with Gasteiger partial charge in [-0.05, 0) is 38.9 Å². The Morgan fingerprint density at radius 3 is 2.70 bits per heavy atom. The van der Waals surface area contributed by atoms with Crippen LogP contribution in [0.15, 0.2) is 24.3 Å². The second-order valence-corrected chi connectivity index (χ2v) is 5.64. The van der Waals surface area contributed by atoms with E-state index < -0.39 is 0 Å². The Morgan fingerprint density at radius 2 is 2.00 bits per heavy atom. The molecule has 0 spiro atoms. The normalized spacial score (nSPS) is 17.6. The Morgan fingerprint density at radius 1 is 1.30 bits per heavy atom. The quantitative estimate of drug-likeness (QED) is 0.864. The van der Waals surface area contributed by atoms with Crippen LogP contribution in [0, 0.1) is 0 Å². The van der Waals surface area contributed by atoms with Crippen molar-refractivity contribution in [2.45, 2.75) is 38.6 Å². The van der Waals surface area contributed by atoms with Gasteiger partial charge in [-0.15, -0.1) is 0 Å². The molecule has 1 amide bonds. The Labute approximate surface area is 120 Å². The number of hydrogen-bond donors (Lipinski definition) is 2. The third kappa shape index (κ3) is 4.53. The summed E-state index contributed by atoms with van der Waals surface area (Å²) < 4.78 is 0. The van der Waals surface area contributed by atoms with Crippen LogP contribution < -0.4 is 5.32 Å².